The summed E-state index contributed by atoms with van der Waals surface area (Å²) in [5.74, 6) is -0.0580. The Balaban J connectivity index is 1.39. The molecule has 0 saturated carbocycles. The van der Waals surface area contributed by atoms with Gasteiger partial charge in [-0.05, 0) is 37.3 Å². The monoisotopic (exact) mass is 381 g/mol. The molecule has 0 bridgehead atoms. The smallest absolute Gasteiger partial charge is 0.272 e. The van der Waals surface area contributed by atoms with Crippen LogP contribution in [0.5, 0.6) is 0 Å². The quantitative estimate of drug-likeness (QED) is 0.755. The highest BCUT2D eigenvalue weighted by Crippen LogP contribution is 2.20. The van der Waals surface area contributed by atoms with E-state index < -0.39 is 0 Å². The van der Waals surface area contributed by atoms with Gasteiger partial charge in [0.05, 0.1) is 10.6 Å². The van der Waals surface area contributed by atoms with Crippen molar-refractivity contribution in [3.8, 4) is 11.3 Å². The molecule has 7 nitrogen and oxygen atoms in total. The molecule has 0 spiro atoms. The van der Waals surface area contributed by atoms with Gasteiger partial charge in [-0.25, -0.2) is 0 Å². The highest BCUT2D eigenvalue weighted by Gasteiger charge is 2.27. The average molecular weight is 381 g/mol. The first kappa shape index (κ1) is 17.4. The third-order valence-corrected chi connectivity index (χ3v) is 5.56. The number of H-pyrrole nitrogens is 1. The summed E-state index contributed by atoms with van der Waals surface area (Å²) < 4.78 is 0. The third-order valence-electron chi connectivity index (χ3n) is 4.57. The van der Waals surface area contributed by atoms with Gasteiger partial charge in [0.25, 0.3) is 11.8 Å². The van der Waals surface area contributed by atoms with Crippen molar-refractivity contribution in [2.24, 2.45) is 0 Å². The van der Waals surface area contributed by atoms with E-state index in [2.05, 4.69) is 15.2 Å². The number of thiophene rings is 1. The van der Waals surface area contributed by atoms with E-state index in [9.17, 15) is 9.59 Å². The highest BCUT2D eigenvalue weighted by molar-refractivity contribution is 7.13. The summed E-state index contributed by atoms with van der Waals surface area (Å²) in [4.78, 5) is 34.8. The SMILES string of the molecule is Cc1ccc(C(=O)N2CCN(C(=O)c3cc(-c4cccnc4)n[nH]3)CC2)s1. The zero-order chi connectivity index (χ0) is 18.8. The van der Waals surface area contributed by atoms with Crippen LogP contribution in [0.3, 0.4) is 0 Å². The van der Waals surface area contributed by atoms with Crippen LogP contribution in [0.4, 0.5) is 0 Å². The van der Waals surface area contributed by atoms with Gasteiger partial charge in [-0.15, -0.1) is 11.3 Å². The van der Waals surface area contributed by atoms with Gasteiger partial charge in [0, 0.05) is 49.0 Å². The molecule has 138 valence electrons. The van der Waals surface area contributed by atoms with E-state index >= 15 is 0 Å². The van der Waals surface area contributed by atoms with Gasteiger partial charge in [-0.3, -0.25) is 19.7 Å². The average Bonchev–Trinajstić information content (AvgIpc) is 3.37. The molecule has 4 rings (SSSR count). The fourth-order valence-corrected chi connectivity index (χ4v) is 3.92. The van der Waals surface area contributed by atoms with E-state index in [0.29, 0.717) is 37.6 Å². The maximum absolute atomic E-state index is 12.7. The molecule has 3 aromatic heterocycles. The fourth-order valence-electron chi connectivity index (χ4n) is 3.08. The van der Waals surface area contributed by atoms with Gasteiger partial charge in [0.15, 0.2) is 0 Å². The molecule has 4 heterocycles. The van der Waals surface area contributed by atoms with Gasteiger partial charge >= 0.3 is 0 Å². The van der Waals surface area contributed by atoms with Crippen molar-refractivity contribution in [3.05, 3.63) is 58.2 Å². The van der Waals surface area contributed by atoms with Crippen LogP contribution in [0.25, 0.3) is 11.3 Å². The molecule has 8 heteroatoms. The molecule has 0 aliphatic carbocycles. The number of carbonyl (C=O) groups is 2. The first-order chi connectivity index (χ1) is 13.1. The van der Waals surface area contributed by atoms with Crippen LogP contribution in [0.1, 0.15) is 25.0 Å². The summed E-state index contributed by atoms with van der Waals surface area (Å²) in [6.07, 6.45) is 3.40. The number of aromatic nitrogens is 3. The predicted molar refractivity (Wildman–Crippen MR) is 103 cm³/mol. The Morgan fingerprint density at radius 3 is 2.44 bits per heavy atom. The number of aromatic amines is 1. The Morgan fingerprint density at radius 1 is 1.07 bits per heavy atom. The second-order valence-corrected chi connectivity index (χ2v) is 7.69. The van der Waals surface area contributed by atoms with Crippen molar-refractivity contribution in [2.45, 2.75) is 6.92 Å². The van der Waals surface area contributed by atoms with Crippen LogP contribution in [0.2, 0.25) is 0 Å². The van der Waals surface area contributed by atoms with Gasteiger partial charge in [-0.1, -0.05) is 0 Å². The summed E-state index contributed by atoms with van der Waals surface area (Å²) in [5, 5.41) is 7.03. The summed E-state index contributed by atoms with van der Waals surface area (Å²) in [7, 11) is 0. The zero-order valence-corrected chi connectivity index (χ0v) is 15.7. The zero-order valence-electron chi connectivity index (χ0n) is 14.9. The summed E-state index contributed by atoms with van der Waals surface area (Å²) in [6, 6.07) is 9.29. The Bertz CT molecular complexity index is 957. The molecule has 0 unspecified atom stereocenters. The molecule has 1 fully saturated rings. The summed E-state index contributed by atoms with van der Waals surface area (Å²) in [6.45, 7) is 4.07. The van der Waals surface area contributed by atoms with E-state index in [-0.39, 0.29) is 11.8 Å². The highest BCUT2D eigenvalue weighted by atomic mass is 32.1. The number of carbonyl (C=O) groups excluding carboxylic acids is 2. The predicted octanol–water partition coefficient (Wildman–Crippen LogP) is 2.44. The molecule has 0 radical (unpaired) electrons. The van der Waals surface area contributed by atoms with Crippen molar-refractivity contribution in [3.63, 3.8) is 0 Å². The van der Waals surface area contributed by atoms with Crippen molar-refractivity contribution in [1.82, 2.24) is 25.0 Å². The number of piperazine rings is 1. The van der Waals surface area contributed by atoms with Crippen molar-refractivity contribution in [2.75, 3.05) is 26.2 Å². The molecule has 1 N–H and O–H groups in total. The van der Waals surface area contributed by atoms with Crippen LogP contribution in [-0.2, 0) is 0 Å². The van der Waals surface area contributed by atoms with Crippen LogP contribution >= 0.6 is 11.3 Å². The lowest BCUT2D eigenvalue weighted by Crippen LogP contribution is -2.50. The van der Waals surface area contributed by atoms with Crippen molar-refractivity contribution >= 4 is 23.2 Å². The molecular formula is C19H19N5O2S. The molecule has 0 atom stereocenters. The van der Waals surface area contributed by atoms with E-state index in [1.54, 1.807) is 23.4 Å². The van der Waals surface area contributed by atoms with Crippen molar-refractivity contribution in [1.29, 1.82) is 0 Å². The van der Waals surface area contributed by atoms with E-state index in [1.165, 1.54) is 11.3 Å². The molecule has 2 amide bonds. The van der Waals surface area contributed by atoms with Gasteiger partial charge in [0.2, 0.25) is 0 Å². The lowest BCUT2D eigenvalue weighted by Gasteiger charge is -2.34. The molecule has 1 aliphatic heterocycles. The minimum atomic E-state index is -0.100. The van der Waals surface area contributed by atoms with E-state index in [1.807, 2.05) is 36.1 Å². The minimum Gasteiger partial charge on any atom is -0.334 e. The molecule has 0 aromatic carbocycles. The second kappa shape index (κ2) is 7.32. The fraction of sp³-hybridized carbons (Fsp3) is 0.263. The second-order valence-electron chi connectivity index (χ2n) is 6.40. The Hall–Kier alpha value is -3.00. The maximum atomic E-state index is 12.7. The first-order valence-electron chi connectivity index (χ1n) is 8.72. The van der Waals surface area contributed by atoms with E-state index in [4.69, 9.17) is 0 Å². The first-order valence-corrected chi connectivity index (χ1v) is 9.54. The minimum absolute atomic E-state index is 0.0422. The lowest BCUT2D eigenvalue weighted by atomic mass is 10.2. The topological polar surface area (TPSA) is 82.2 Å². The van der Waals surface area contributed by atoms with Gasteiger partial charge < -0.3 is 9.80 Å². The third kappa shape index (κ3) is 3.61. The standard InChI is InChI=1S/C19H19N5O2S/c1-13-4-5-17(27-13)19(26)24-9-7-23(8-10-24)18(25)16-11-15(21-22-16)14-3-2-6-20-12-14/h2-6,11-12H,7-10H2,1H3,(H,21,22). The number of hydrogen-bond donors (Lipinski definition) is 1. The normalized spacial score (nSPS) is 14.4. The molecule has 1 aliphatic rings. The van der Waals surface area contributed by atoms with Crippen LogP contribution in [0, 0.1) is 6.92 Å². The van der Waals surface area contributed by atoms with Crippen LogP contribution in [-0.4, -0.2) is 63.0 Å². The van der Waals surface area contributed by atoms with Crippen LogP contribution in [0.15, 0.2) is 42.7 Å². The molecular weight excluding hydrogens is 362 g/mol. The Kier molecular flexibility index (Phi) is 4.72. The summed E-state index contributed by atoms with van der Waals surface area (Å²) in [5.41, 5.74) is 1.99. The summed E-state index contributed by atoms with van der Waals surface area (Å²) >= 11 is 1.50. The van der Waals surface area contributed by atoms with E-state index in [0.717, 1.165) is 15.3 Å². The number of rotatable bonds is 3. The molecule has 3 aromatic rings. The largest absolute Gasteiger partial charge is 0.334 e. The maximum Gasteiger partial charge on any atom is 0.272 e. The number of hydrogen-bond acceptors (Lipinski definition) is 5. The number of nitrogens with one attached hydrogen (secondary N) is 1. The van der Waals surface area contributed by atoms with Crippen LogP contribution < -0.4 is 0 Å². The Morgan fingerprint density at radius 2 is 1.81 bits per heavy atom. The number of aryl methyl sites for hydroxylation is 1. The number of amides is 2. The number of nitrogens with zero attached hydrogens (tertiary/aromatic N) is 4. The number of pyridine rings is 1. The molecule has 27 heavy (non-hydrogen) atoms. The van der Waals surface area contributed by atoms with Gasteiger partial charge in [0.1, 0.15) is 5.69 Å². The van der Waals surface area contributed by atoms with Gasteiger partial charge in [-0.2, -0.15) is 5.10 Å². The van der Waals surface area contributed by atoms with Crippen molar-refractivity contribution < 1.29 is 9.59 Å². The lowest BCUT2D eigenvalue weighted by molar-refractivity contribution is 0.0535. The Labute approximate surface area is 160 Å². The molecule has 1 saturated heterocycles.